The van der Waals surface area contributed by atoms with Crippen LogP contribution in [0.1, 0.15) is 29.9 Å². The number of aromatic nitrogens is 2. The van der Waals surface area contributed by atoms with Crippen molar-refractivity contribution in [2.45, 2.75) is 30.2 Å². The molecular formula is C15H18BrN3OS. The third-order valence-corrected chi connectivity index (χ3v) is 4.63. The molecule has 0 spiro atoms. The molecular weight excluding hydrogens is 350 g/mol. The Morgan fingerprint density at radius 3 is 2.90 bits per heavy atom. The summed E-state index contributed by atoms with van der Waals surface area (Å²) in [7, 11) is 0. The molecule has 0 aliphatic heterocycles. The molecule has 0 aliphatic carbocycles. The van der Waals surface area contributed by atoms with Gasteiger partial charge in [-0.1, -0.05) is 53.2 Å². The van der Waals surface area contributed by atoms with Gasteiger partial charge >= 0.3 is 0 Å². The van der Waals surface area contributed by atoms with E-state index in [4.69, 9.17) is 5.73 Å². The Morgan fingerprint density at radius 2 is 2.24 bits per heavy atom. The van der Waals surface area contributed by atoms with E-state index in [9.17, 15) is 4.79 Å². The first-order chi connectivity index (χ1) is 10.1. The van der Waals surface area contributed by atoms with Gasteiger partial charge in [0.1, 0.15) is 0 Å². The molecule has 0 amide bonds. The first kappa shape index (κ1) is 16.3. The molecule has 3 N–H and O–H groups in total. The minimum absolute atomic E-state index is 0.0579. The maximum atomic E-state index is 11.7. The molecule has 1 aromatic carbocycles. The zero-order chi connectivity index (χ0) is 15.2. The molecule has 21 heavy (non-hydrogen) atoms. The van der Waals surface area contributed by atoms with Crippen LogP contribution in [0.2, 0.25) is 0 Å². The highest BCUT2D eigenvalue weighted by molar-refractivity contribution is 9.10. The summed E-state index contributed by atoms with van der Waals surface area (Å²) in [5.74, 6) is 0. The molecule has 1 unspecified atom stereocenters. The largest absolute Gasteiger partial charge is 0.329 e. The number of nitrogens with two attached hydrogens (primary N) is 1. The van der Waals surface area contributed by atoms with Crippen LogP contribution in [0, 0.1) is 0 Å². The summed E-state index contributed by atoms with van der Waals surface area (Å²) in [6.07, 6.45) is 1.77. The summed E-state index contributed by atoms with van der Waals surface area (Å²) in [5, 5.41) is 0.684. The summed E-state index contributed by atoms with van der Waals surface area (Å²) in [6, 6.07) is 9.59. The van der Waals surface area contributed by atoms with Gasteiger partial charge in [-0.15, -0.1) is 0 Å². The van der Waals surface area contributed by atoms with Crippen LogP contribution in [0.5, 0.6) is 0 Å². The molecule has 0 saturated carbocycles. The van der Waals surface area contributed by atoms with Gasteiger partial charge in [-0.3, -0.25) is 4.79 Å². The molecule has 6 heteroatoms. The van der Waals surface area contributed by atoms with Crippen molar-refractivity contribution >= 4 is 27.7 Å². The molecule has 0 bridgehead atoms. The zero-order valence-corrected chi connectivity index (χ0v) is 14.2. The Kier molecular flexibility index (Phi) is 6.02. The van der Waals surface area contributed by atoms with E-state index in [0.29, 0.717) is 11.7 Å². The molecule has 112 valence electrons. The van der Waals surface area contributed by atoms with Crippen molar-refractivity contribution in [1.82, 2.24) is 9.97 Å². The fourth-order valence-electron chi connectivity index (χ4n) is 2.02. The third-order valence-electron chi connectivity index (χ3n) is 2.97. The zero-order valence-electron chi connectivity index (χ0n) is 11.8. The third kappa shape index (κ3) is 4.69. The maximum Gasteiger partial charge on any atom is 0.251 e. The van der Waals surface area contributed by atoms with Crippen molar-refractivity contribution in [3.63, 3.8) is 0 Å². The van der Waals surface area contributed by atoms with Crippen molar-refractivity contribution in [1.29, 1.82) is 0 Å². The number of benzene rings is 1. The van der Waals surface area contributed by atoms with E-state index in [0.717, 1.165) is 28.6 Å². The number of aromatic amines is 1. The number of H-pyrrole nitrogens is 1. The molecule has 0 radical (unpaired) electrons. The van der Waals surface area contributed by atoms with Crippen LogP contribution in [0.4, 0.5) is 0 Å². The van der Waals surface area contributed by atoms with E-state index in [1.807, 2.05) is 24.3 Å². The van der Waals surface area contributed by atoms with E-state index in [1.54, 1.807) is 6.07 Å². The second-order valence-corrected chi connectivity index (χ2v) is 6.80. The summed E-state index contributed by atoms with van der Waals surface area (Å²) in [6.45, 7) is 2.54. The molecule has 0 aliphatic rings. The van der Waals surface area contributed by atoms with Crippen LogP contribution in [0.15, 0.2) is 44.8 Å². The van der Waals surface area contributed by atoms with Gasteiger partial charge in [0.25, 0.3) is 5.56 Å². The fourth-order valence-corrected chi connectivity index (χ4v) is 3.41. The fraction of sp³-hybridized carbons (Fsp3) is 0.333. The van der Waals surface area contributed by atoms with Crippen LogP contribution in [0.3, 0.4) is 0 Å². The van der Waals surface area contributed by atoms with E-state index in [1.165, 1.54) is 11.8 Å². The number of nitrogens with zero attached hydrogens (tertiary/aromatic N) is 1. The Balaban J connectivity index is 2.24. The Bertz CT molecular complexity index is 659. The van der Waals surface area contributed by atoms with Gasteiger partial charge in [0, 0.05) is 28.0 Å². The van der Waals surface area contributed by atoms with Crippen molar-refractivity contribution in [2.24, 2.45) is 5.73 Å². The first-order valence-electron chi connectivity index (χ1n) is 6.84. The summed E-state index contributed by atoms with van der Waals surface area (Å²) in [4.78, 5) is 19.0. The lowest BCUT2D eigenvalue weighted by atomic mass is 10.1. The highest BCUT2D eigenvalue weighted by atomic mass is 79.9. The smallest absolute Gasteiger partial charge is 0.251 e. The van der Waals surface area contributed by atoms with Crippen molar-refractivity contribution in [2.75, 3.05) is 6.54 Å². The van der Waals surface area contributed by atoms with Crippen molar-refractivity contribution in [3.8, 4) is 0 Å². The maximum absolute atomic E-state index is 11.7. The minimum Gasteiger partial charge on any atom is -0.329 e. The van der Waals surface area contributed by atoms with Gasteiger partial charge < -0.3 is 10.7 Å². The van der Waals surface area contributed by atoms with E-state index in [-0.39, 0.29) is 10.8 Å². The van der Waals surface area contributed by atoms with E-state index >= 15 is 0 Å². The van der Waals surface area contributed by atoms with Crippen molar-refractivity contribution < 1.29 is 0 Å². The number of nitrogens with one attached hydrogen (secondary N) is 1. The second kappa shape index (κ2) is 7.77. The second-order valence-electron chi connectivity index (χ2n) is 4.69. The van der Waals surface area contributed by atoms with Crippen LogP contribution >= 0.6 is 27.7 Å². The van der Waals surface area contributed by atoms with Gasteiger partial charge in [-0.2, -0.15) is 0 Å². The molecule has 4 nitrogen and oxygen atoms in total. The highest BCUT2D eigenvalue weighted by Crippen LogP contribution is 2.33. The predicted octanol–water partition coefficient (Wildman–Crippen LogP) is 3.28. The quantitative estimate of drug-likeness (QED) is 0.606. The molecule has 0 fully saturated rings. The number of hydrogen-bond acceptors (Lipinski definition) is 4. The Morgan fingerprint density at radius 1 is 1.43 bits per heavy atom. The standard InChI is InChI=1S/C15H18BrN3OS/c1-2-4-12-8-14(20)19-15(18-12)21-13(9-17)10-5-3-6-11(16)7-10/h3,5-8,13H,2,4,9,17H2,1H3,(H,18,19,20). The van der Waals surface area contributed by atoms with E-state index in [2.05, 4.69) is 32.8 Å². The lowest BCUT2D eigenvalue weighted by Gasteiger charge is -2.14. The summed E-state index contributed by atoms with van der Waals surface area (Å²) < 4.78 is 1.01. The van der Waals surface area contributed by atoms with Crippen LogP contribution in [0.25, 0.3) is 0 Å². The molecule has 2 rings (SSSR count). The molecule has 0 saturated heterocycles. The SMILES string of the molecule is CCCc1cc(=O)[nH]c(SC(CN)c2cccc(Br)c2)n1. The number of aryl methyl sites for hydroxylation is 1. The van der Waals surface area contributed by atoms with Crippen LogP contribution in [-0.4, -0.2) is 16.5 Å². The Labute approximate surface area is 136 Å². The number of halogens is 1. The van der Waals surface area contributed by atoms with Gasteiger partial charge in [0.15, 0.2) is 5.16 Å². The molecule has 1 aromatic heterocycles. The average Bonchev–Trinajstić information content (AvgIpc) is 2.44. The lowest BCUT2D eigenvalue weighted by molar-refractivity contribution is 0.810. The van der Waals surface area contributed by atoms with E-state index < -0.39 is 0 Å². The van der Waals surface area contributed by atoms with Gasteiger partial charge in [0.2, 0.25) is 0 Å². The van der Waals surface area contributed by atoms with Gasteiger partial charge in [0.05, 0.1) is 0 Å². The Hall–Kier alpha value is -1.11. The average molecular weight is 368 g/mol. The normalized spacial score (nSPS) is 12.3. The number of rotatable bonds is 6. The lowest BCUT2D eigenvalue weighted by Crippen LogP contribution is -2.13. The first-order valence-corrected chi connectivity index (χ1v) is 8.52. The van der Waals surface area contributed by atoms with Gasteiger partial charge in [-0.05, 0) is 24.1 Å². The van der Waals surface area contributed by atoms with Crippen LogP contribution in [-0.2, 0) is 6.42 Å². The molecule has 2 aromatic rings. The molecule has 1 atom stereocenters. The molecule has 1 heterocycles. The minimum atomic E-state index is -0.110. The monoisotopic (exact) mass is 367 g/mol. The predicted molar refractivity (Wildman–Crippen MR) is 90.6 cm³/mol. The van der Waals surface area contributed by atoms with Crippen LogP contribution < -0.4 is 11.3 Å². The summed E-state index contributed by atoms with van der Waals surface area (Å²) in [5.41, 5.74) is 7.71. The summed E-state index contributed by atoms with van der Waals surface area (Å²) >= 11 is 4.96. The topological polar surface area (TPSA) is 71.8 Å². The number of thioether (sulfide) groups is 1. The van der Waals surface area contributed by atoms with Crippen molar-refractivity contribution in [3.05, 3.63) is 56.4 Å². The number of hydrogen-bond donors (Lipinski definition) is 2. The highest BCUT2D eigenvalue weighted by Gasteiger charge is 2.14. The van der Waals surface area contributed by atoms with Gasteiger partial charge in [-0.25, -0.2) is 4.98 Å².